The van der Waals surface area contributed by atoms with E-state index < -0.39 is 0 Å². The standard InChI is InChI=1S/C17H26N2/c1-13-8-9-14(16(2,3)4)10-15(13)19(7)12-17(5,6)11-18/h8-10H,12H2,1-7H3. The molecule has 0 spiro atoms. The van der Waals surface area contributed by atoms with Gasteiger partial charge in [0.2, 0.25) is 0 Å². The Kier molecular flexibility index (Phi) is 4.30. The zero-order chi connectivity index (χ0) is 14.8. The summed E-state index contributed by atoms with van der Waals surface area (Å²) in [4.78, 5) is 2.19. The number of nitrogens with zero attached hydrogens (tertiary/aromatic N) is 2. The summed E-state index contributed by atoms with van der Waals surface area (Å²) in [5, 5.41) is 9.17. The van der Waals surface area contributed by atoms with Crippen molar-refractivity contribution in [2.45, 2.75) is 47.0 Å². The first kappa shape index (κ1) is 15.6. The summed E-state index contributed by atoms with van der Waals surface area (Å²) in [5.74, 6) is 0. The highest BCUT2D eigenvalue weighted by Crippen LogP contribution is 2.30. The predicted molar refractivity (Wildman–Crippen MR) is 82.5 cm³/mol. The molecule has 0 N–H and O–H groups in total. The molecule has 0 saturated carbocycles. The lowest BCUT2D eigenvalue weighted by Gasteiger charge is -2.29. The summed E-state index contributed by atoms with van der Waals surface area (Å²) >= 11 is 0. The number of benzene rings is 1. The van der Waals surface area contributed by atoms with Crippen LogP contribution in [0.15, 0.2) is 18.2 Å². The lowest BCUT2D eigenvalue weighted by molar-refractivity contribution is 0.497. The fourth-order valence-electron chi connectivity index (χ4n) is 2.20. The molecule has 2 nitrogen and oxygen atoms in total. The Hall–Kier alpha value is -1.49. The van der Waals surface area contributed by atoms with Crippen molar-refractivity contribution in [3.05, 3.63) is 29.3 Å². The van der Waals surface area contributed by atoms with Crippen LogP contribution in [0, 0.1) is 23.7 Å². The molecule has 0 unspecified atom stereocenters. The molecule has 1 rings (SSSR count). The van der Waals surface area contributed by atoms with Crippen molar-refractivity contribution in [2.75, 3.05) is 18.5 Å². The molecule has 2 heteroatoms. The molecule has 0 atom stereocenters. The molecule has 0 fully saturated rings. The van der Waals surface area contributed by atoms with Gasteiger partial charge in [-0.15, -0.1) is 0 Å². The SMILES string of the molecule is Cc1ccc(C(C)(C)C)cc1N(C)CC(C)(C)C#N. The van der Waals surface area contributed by atoms with E-state index in [0.717, 1.165) is 6.54 Å². The normalized spacial score (nSPS) is 12.1. The second kappa shape index (κ2) is 5.25. The molecule has 0 heterocycles. The Labute approximate surface area is 118 Å². The molecule has 0 saturated heterocycles. The minimum absolute atomic E-state index is 0.147. The molecule has 0 aliphatic heterocycles. The van der Waals surface area contributed by atoms with Gasteiger partial charge in [-0.1, -0.05) is 32.9 Å². The van der Waals surface area contributed by atoms with Crippen LogP contribution in [-0.4, -0.2) is 13.6 Å². The van der Waals surface area contributed by atoms with E-state index in [2.05, 4.69) is 63.9 Å². The first-order chi connectivity index (χ1) is 8.57. The van der Waals surface area contributed by atoms with Gasteiger partial charge >= 0.3 is 0 Å². The minimum Gasteiger partial charge on any atom is -0.373 e. The largest absolute Gasteiger partial charge is 0.373 e. The lowest BCUT2D eigenvalue weighted by atomic mass is 9.86. The van der Waals surface area contributed by atoms with Crippen LogP contribution in [0.1, 0.15) is 45.7 Å². The van der Waals surface area contributed by atoms with Crippen molar-refractivity contribution in [2.24, 2.45) is 5.41 Å². The summed E-state index contributed by atoms with van der Waals surface area (Å²) in [6.07, 6.45) is 0. The van der Waals surface area contributed by atoms with Crippen LogP contribution >= 0.6 is 0 Å². The van der Waals surface area contributed by atoms with Gasteiger partial charge in [-0.05, 0) is 43.4 Å². The molecule has 0 bridgehead atoms. The van der Waals surface area contributed by atoms with Crippen LogP contribution in [0.5, 0.6) is 0 Å². The molecular formula is C17H26N2. The van der Waals surface area contributed by atoms with Crippen molar-refractivity contribution in [1.29, 1.82) is 5.26 Å². The maximum Gasteiger partial charge on any atom is 0.0702 e. The molecule has 19 heavy (non-hydrogen) atoms. The lowest BCUT2D eigenvalue weighted by Crippen LogP contribution is -2.31. The van der Waals surface area contributed by atoms with Crippen LogP contribution in [0.3, 0.4) is 0 Å². The Bertz CT molecular complexity index is 487. The van der Waals surface area contributed by atoms with Gasteiger partial charge in [0.25, 0.3) is 0 Å². The third kappa shape index (κ3) is 3.99. The summed E-state index contributed by atoms with van der Waals surface area (Å²) in [5.41, 5.74) is 3.61. The molecule has 0 aromatic heterocycles. The number of nitriles is 1. The second-order valence-electron chi connectivity index (χ2n) is 7.10. The Morgan fingerprint density at radius 1 is 1.16 bits per heavy atom. The van der Waals surface area contributed by atoms with Crippen LogP contribution in [0.4, 0.5) is 5.69 Å². The molecule has 0 aliphatic carbocycles. The molecule has 1 aromatic carbocycles. The van der Waals surface area contributed by atoms with Crippen molar-refractivity contribution in [3.8, 4) is 6.07 Å². The summed E-state index contributed by atoms with van der Waals surface area (Å²) in [6, 6.07) is 8.99. The summed E-state index contributed by atoms with van der Waals surface area (Å²) in [7, 11) is 2.06. The van der Waals surface area contributed by atoms with Crippen LogP contribution < -0.4 is 4.90 Å². The first-order valence-corrected chi connectivity index (χ1v) is 6.80. The van der Waals surface area contributed by atoms with E-state index in [1.807, 2.05) is 13.8 Å². The van der Waals surface area contributed by atoms with E-state index >= 15 is 0 Å². The molecule has 0 amide bonds. The monoisotopic (exact) mass is 258 g/mol. The Morgan fingerprint density at radius 2 is 1.74 bits per heavy atom. The van der Waals surface area contributed by atoms with Gasteiger partial charge in [-0.3, -0.25) is 0 Å². The van der Waals surface area contributed by atoms with Crippen molar-refractivity contribution >= 4 is 5.69 Å². The van der Waals surface area contributed by atoms with Crippen LogP contribution in [0.25, 0.3) is 0 Å². The van der Waals surface area contributed by atoms with Gasteiger partial charge in [0, 0.05) is 19.3 Å². The average Bonchev–Trinajstić information content (AvgIpc) is 2.27. The van der Waals surface area contributed by atoms with Crippen molar-refractivity contribution < 1.29 is 0 Å². The van der Waals surface area contributed by atoms with Gasteiger partial charge in [-0.25, -0.2) is 0 Å². The average molecular weight is 258 g/mol. The number of rotatable bonds is 3. The molecule has 0 radical (unpaired) electrons. The van der Waals surface area contributed by atoms with Gasteiger partial charge in [0.15, 0.2) is 0 Å². The third-order valence-corrected chi connectivity index (χ3v) is 3.42. The summed E-state index contributed by atoms with van der Waals surface area (Å²) in [6.45, 7) is 13.5. The Balaban J connectivity index is 3.10. The van der Waals surface area contributed by atoms with Crippen LogP contribution in [0.2, 0.25) is 0 Å². The minimum atomic E-state index is -0.334. The number of hydrogen-bond acceptors (Lipinski definition) is 2. The van der Waals surface area contributed by atoms with Gasteiger partial charge in [0.05, 0.1) is 11.5 Å². The number of anilines is 1. The molecule has 0 aliphatic rings. The van der Waals surface area contributed by atoms with Crippen LogP contribution in [-0.2, 0) is 5.41 Å². The quantitative estimate of drug-likeness (QED) is 0.809. The number of hydrogen-bond donors (Lipinski definition) is 0. The van der Waals surface area contributed by atoms with Gasteiger partial charge < -0.3 is 4.90 Å². The van der Waals surface area contributed by atoms with Crippen molar-refractivity contribution in [3.63, 3.8) is 0 Å². The maximum absolute atomic E-state index is 9.17. The molecular weight excluding hydrogens is 232 g/mol. The fourth-order valence-corrected chi connectivity index (χ4v) is 2.20. The molecule has 1 aromatic rings. The van der Waals surface area contributed by atoms with Gasteiger partial charge in [0.1, 0.15) is 0 Å². The van der Waals surface area contributed by atoms with E-state index in [-0.39, 0.29) is 10.8 Å². The number of aryl methyl sites for hydroxylation is 1. The zero-order valence-electron chi connectivity index (χ0n) is 13.3. The fraction of sp³-hybridized carbons (Fsp3) is 0.588. The predicted octanol–water partition coefficient (Wildman–Crippen LogP) is 4.28. The third-order valence-electron chi connectivity index (χ3n) is 3.42. The zero-order valence-corrected chi connectivity index (χ0v) is 13.3. The highest BCUT2D eigenvalue weighted by atomic mass is 15.1. The van der Waals surface area contributed by atoms with E-state index in [9.17, 15) is 0 Å². The van der Waals surface area contributed by atoms with Crippen molar-refractivity contribution in [1.82, 2.24) is 0 Å². The topological polar surface area (TPSA) is 27.0 Å². The van der Waals surface area contributed by atoms with E-state index in [0.29, 0.717) is 0 Å². The van der Waals surface area contributed by atoms with Gasteiger partial charge in [-0.2, -0.15) is 5.26 Å². The smallest absolute Gasteiger partial charge is 0.0702 e. The molecule has 104 valence electrons. The maximum atomic E-state index is 9.17. The van der Waals surface area contributed by atoms with E-state index in [1.165, 1.54) is 16.8 Å². The van der Waals surface area contributed by atoms with E-state index in [1.54, 1.807) is 0 Å². The highest BCUT2D eigenvalue weighted by Gasteiger charge is 2.21. The highest BCUT2D eigenvalue weighted by molar-refractivity contribution is 5.55. The van der Waals surface area contributed by atoms with E-state index in [4.69, 9.17) is 5.26 Å². The Morgan fingerprint density at radius 3 is 2.21 bits per heavy atom. The first-order valence-electron chi connectivity index (χ1n) is 6.80. The second-order valence-corrected chi connectivity index (χ2v) is 7.10. The summed E-state index contributed by atoms with van der Waals surface area (Å²) < 4.78 is 0.